The Bertz CT molecular complexity index is 613. The van der Waals surface area contributed by atoms with Crippen LogP contribution in [-0.2, 0) is 4.79 Å². The van der Waals surface area contributed by atoms with Crippen LogP contribution in [0.25, 0.3) is 11.6 Å². The summed E-state index contributed by atoms with van der Waals surface area (Å²) in [5.41, 5.74) is 1.13. The van der Waals surface area contributed by atoms with Gasteiger partial charge in [0.25, 0.3) is 0 Å². The molecule has 0 aliphatic carbocycles. The fraction of sp³-hybridized carbons (Fsp3) is 0. The number of phenolic OH excluding ortho intramolecular Hbond substituents is 1. The van der Waals surface area contributed by atoms with E-state index in [1.807, 2.05) is 0 Å². The Balaban J connectivity index is 2.43. The SMILES string of the molecule is O=C(O)/C(=C\c1ccc(F)cc1)c1ccc(O)cc1. The van der Waals surface area contributed by atoms with Crippen molar-refractivity contribution in [1.82, 2.24) is 0 Å². The van der Waals surface area contributed by atoms with E-state index in [1.54, 1.807) is 0 Å². The molecule has 0 aliphatic rings. The maximum absolute atomic E-state index is 12.8. The fourth-order valence-electron chi connectivity index (χ4n) is 1.64. The summed E-state index contributed by atoms with van der Waals surface area (Å²) >= 11 is 0. The number of benzene rings is 2. The number of aromatic hydroxyl groups is 1. The van der Waals surface area contributed by atoms with Crippen molar-refractivity contribution < 1.29 is 19.4 Å². The van der Waals surface area contributed by atoms with Crippen LogP contribution in [0.15, 0.2) is 48.5 Å². The van der Waals surface area contributed by atoms with Gasteiger partial charge < -0.3 is 10.2 Å². The number of aliphatic carboxylic acids is 1. The molecular formula is C15H11FO3. The monoisotopic (exact) mass is 258 g/mol. The highest BCUT2D eigenvalue weighted by Crippen LogP contribution is 2.21. The molecule has 0 saturated heterocycles. The summed E-state index contributed by atoms with van der Waals surface area (Å²) in [7, 11) is 0. The smallest absolute Gasteiger partial charge is 0.336 e. The first-order valence-electron chi connectivity index (χ1n) is 5.56. The first-order valence-corrected chi connectivity index (χ1v) is 5.56. The number of rotatable bonds is 3. The Morgan fingerprint density at radius 3 is 2.11 bits per heavy atom. The summed E-state index contributed by atoms with van der Waals surface area (Å²) in [6.45, 7) is 0. The summed E-state index contributed by atoms with van der Waals surface area (Å²) in [6, 6.07) is 11.4. The number of carboxylic acids is 1. The van der Waals surface area contributed by atoms with Gasteiger partial charge in [-0.2, -0.15) is 0 Å². The Kier molecular flexibility index (Phi) is 3.61. The topological polar surface area (TPSA) is 57.5 Å². The normalized spacial score (nSPS) is 11.3. The molecule has 0 amide bonds. The number of carboxylic acid groups (broad SMARTS) is 1. The van der Waals surface area contributed by atoms with Gasteiger partial charge >= 0.3 is 5.97 Å². The molecule has 2 N–H and O–H groups in total. The van der Waals surface area contributed by atoms with E-state index in [2.05, 4.69) is 0 Å². The minimum Gasteiger partial charge on any atom is -0.508 e. The quantitative estimate of drug-likeness (QED) is 0.656. The number of carbonyl (C=O) groups is 1. The van der Waals surface area contributed by atoms with E-state index >= 15 is 0 Å². The van der Waals surface area contributed by atoms with Gasteiger partial charge in [0.2, 0.25) is 0 Å². The van der Waals surface area contributed by atoms with Crippen molar-refractivity contribution in [3.63, 3.8) is 0 Å². The van der Waals surface area contributed by atoms with Crippen LogP contribution in [0.4, 0.5) is 4.39 Å². The molecule has 0 fully saturated rings. The van der Waals surface area contributed by atoms with Crippen LogP contribution in [0.3, 0.4) is 0 Å². The number of phenols is 1. The molecule has 0 aliphatic heterocycles. The molecule has 0 heterocycles. The van der Waals surface area contributed by atoms with E-state index < -0.39 is 5.97 Å². The van der Waals surface area contributed by atoms with Gasteiger partial charge in [0.1, 0.15) is 11.6 Å². The minimum atomic E-state index is -1.09. The van der Waals surface area contributed by atoms with Crippen molar-refractivity contribution in [1.29, 1.82) is 0 Å². The Labute approximate surface area is 109 Å². The number of halogens is 1. The zero-order valence-electron chi connectivity index (χ0n) is 9.88. The van der Waals surface area contributed by atoms with Gasteiger partial charge in [-0.3, -0.25) is 0 Å². The van der Waals surface area contributed by atoms with Crippen LogP contribution in [-0.4, -0.2) is 16.2 Å². The average molecular weight is 258 g/mol. The van der Waals surface area contributed by atoms with Crippen molar-refractivity contribution in [2.24, 2.45) is 0 Å². The van der Waals surface area contributed by atoms with Gasteiger partial charge in [-0.25, -0.2) is 9.18 Å². The summed E-state index contributed by atoms with van der Waals surface area (Å²) in [4.78, 5) is 11.3. The second kappa shape index (κ2) is 5.35. The molecule has 2 aromatic carbocycles. The summed E-state index contributed by atoms with van der Waals surface area (Å²) < 4.78 is 12.8. The molecule has 3 nitrogen and oxygen atoms in total. The highest BCUT2D eigenvalue weighted by Gasteiger charge is 2.10. The molecular weight excluding hydrogens is 247 g/mol. The molecule has 19 heavy (non-hydrogen) atoms. The number of hydrogen-bond acceptors (Lipinski definition) is 2. The maximum atomic E-state index is 12.8. The fourth-order valence-corrected chi connectivity index (χ4v) is 1.64. The Morgan fingerprint density at radius 2 is 1.58 bits per heavy atom. The third-order valence-corrected chi connectivity index (χ3v) is 2.59. The van der Waals surface area contributed by atoms with E-state index in [9.17, 15) is 19.4 Å². The lowest BCUT2D eigenvalue weighted by Gasteiger charge is -2.03. The number of hydrogen-bond donors (Lipinski definition) is 2. The molecule has 0 atom stereocenters. The third-order valence-electron chi connectivity index (χ3n) is 2.59. The zero-order valence-corrected chi connectivity index (χ0v) is 9.88. The lowest BCUT2D eigenvalue weighted by Crippen LogP contribution is -1.99. The standard InChI is InChI=1S/C15H11FO3/c16-12-5-1-10(2-6-12)9-14(15(18)19)11-3-7-13(17)8-4-11/h1-9,17H,(H,18,19)/b14-9-. The van der Waals surface area contributed by atoms with Gasteiger partial charge in [-0.15, -0.1) is 0 Å². The zero-order chi connectivity index (χ0) is 13.8. The molecule has 0 spiro atoms. The minimum absolute atomic E-state index is 0.0651. The van der Waals surface area contributed by atoms with E-state index in [4.69, 9.17) is 0 Å². The second-order valence-electron chi connectivity index (χ2n) is 3.96. The molecule has 0 unspecified atom stereocenters. The lowest BCUT2D eigenvalue weighted by molar-refractivity contribution is -0.130. The van der Waals surface area contributed by atoms with Gasteiger partial charge in [0, 0.05) is 0 Å². The van der Waals surface area contributed by atoms with Gasteiger partial charge in [0.15, 0.2) is 0 Å². The average Bonchev–Trinajstić information content (AvgIpc) is 2.39. The van der Waals surface area contributed by atoms with Gasteiger partial charge in [-0.1, -0.05) is 24.3 Å². The molecule has 0 aromatic heterocycles. The summed E-state index contributed by atoms with van der Waals surface area (Å²) in [6.07, 6.45) is 1.45. The second-order valence-corrected chi connectivity index (χ2v) is 3.96. The highest BCUT2D eigenvalue weighted by atomic mass is 19.1. The Morgan fingerprint density at radius 1 is 1.00 bits per heavy atom. The van der Waals surface area contributed by atoms with Crippen molar-refractivity contribution in [2.75, 3.05) is 0 Å². The molecule has 2 aromatic rings. The molecule has 0 saturated carbocycles. The molecule has 0 bridgehead atoms. The van der Waals surface area contributed by atoms with Crippen LogP contribution in [0, 0.1) is 5.82 Å². The predicted molar refractivity (Wildman–Crippen MR) is 70.0 cm³/mol. The van der Waals surface area contributed by atoms with Crippen LogP contribution in [0.5, 0.6) is 5.75 Å². The summed E-state index contributed by atoms with van der Waals surface area (Å²) in [5.74, 6) is -1.40. The molecule has 4 heteroatoms. The van der Waals surface area contributed by atoms with Gasteiger partial charge in [0.05, 0.1) is 5.57 Å². The predicted octanol–water partition coefficient (Wildman–Crippen LogP) is 3.16. The Hall–Kier alpha value is -2.62. The maximum Gasteiger partial charge on any atom is 0.336 e. The van der Waals surface area contributed by atoms with Crippen molar-refractivity contribution in [3.05, 3.63) is 65.5 Å². The molecule has 0 radical (unpaired) electrons. The van der Waals surface area contributed by atoms with E-state index in [0.29, 0.717) is 11.1 Å². The van der Waals surface area contributed by atoms with Crippen LogP contribution in [0.1, 0.15) is 11.1 Å². The van der Waals surface area contributed by atoms with E-state index in [1.165, 1.54) is 54.6 Å². The van der Waals surface area contributed by atoms with Gasteiger partial charge in [-0.05, 0) is 41.5 Å². The largest absolute Gasteiger partial charge is 0.508 e. The molecule has 96 valence electrons. The van der Waals surface area contributed by atoms with Crippen LogP contribution < -0.4 is 0 Å². The lowest BCUT2D eigenvalue weighted by atomic mass is 10.0. The third kappa shape index (κ3) is 3.19. The van der Waals surface area contributed by atoms with Crippen LogP contribution in [0.2, 0.25) is 0 Å². The first-order chi connectivity index (χ1) is 9.06. The van der Waals surface area contributed by atoms with Crippen molar-refractivity contribution in [3.8, 4) is 5.75 Å². The highest BCUT2D eigenvalue weighted by molar-refractivity contribution is 6.20. The van der Waals surface area contributed by atoms with E-state index in [0.717, 1.165) is 0 Å². The summed E-state index contributed by atoms with van der Waals surface area (Å²) in [5, 5.41) is 18.4. The molecule has 2 rings (SSSR count). The van der Waals surface area contributed by atoms with E-state index in [-0.39, 0.29) is 17.1 Å². The van der Waals surface area contributed by atoms with Crippen molar-refractivity contribution in [2.45, 2.75) is 0 Å². The first kappa shape index (κ1) is 12.8. The van der Waals surface area contributed by atoms with Crippen LogP contribution >= 0.6 is 0 Å². The van der Waals surface area contributed by atoms with Crippen molar-refractivity contribution >= 4 is 17.6 Å².